The molecule has 0 heterocycles. The fourth-order valence-electron chi connectivity index (χ4n) is 4.99. The number of aliphatic hydroxyl groups is 1. The van der Waals surface area contributed by atoms with E-state index in [9.17, 15) is 15.0 Å². The first-order valence-corrected chi connectivity index (χ1v) is 7.67. The van der Waals surface area contributed by atoms with Crippen LogP contribution in [0.4, 0.5) is 0 Å². The molecule has 0 aromatic heterocycles. The second-order valence-corrected chi connectivity index (χ2v) is 6.72. The Balaban J connectivity index is 1.73. The van der Waals surface area contributed by atoms with Crippen LogP contribution in [0.2, 0.25) is 0 Å². The number of Topliss-reactive ketones (excluding diaryl/α,β-unsaturated/α-hetero) is 1. The number of hydrogen-bond acceptors (Lipinski definition) is 3. The Bertz CT molecular complexity index is 580. The highest BCUT2D eigenvalue weighted by Gasteiger charge is 2.56. The molecular formula is C17H20O3. The fourth-order valence-corrected chi connectivity index (χ4v) is 4.99. The second kappa shape index (κ2) is 4.08. The van der Waals surface area contributed by atoms with Crippen LogP contribution in [0.3, 0.4) is 0 Å². The van der Waals surface area contributed by atoms with Gasteiger partial charge in [0, 0.05) is 6.42 Å². The van der Waals surface area contributed by atoms with E-state index in [0.717, 1.165) is 25.7 Å². The van der Waals surface area contributed by atoms with Gasteiger partial charge in [0.1, 0.15) is 11.4 Å². The molecule has 2 saturated carbocycles. The minimum Gasteiger partial charge on any atom is -0.508 e. The van der Waals surface area contributed by atoms with E-state index >= 15 is 0 Å². The highest BCUT2D eigenvalue weighted by Crippen LogP contribution is 2.55. The van der Waals surface area contributed by atoms with Crippen LogP contribution in [0.5, 0.6) is 5.75 Å². The third-order valence-electron chi connectivity index (χ3n) is 5.92. The lowest BCUT2D eigenvalue weighted by Crippen LogP contribution is -2.49. The van der Waals surface area contributed by atoms with Gasteiger partial charge in [-0.1, -0.05) is 6.07 Å². The molecule has 1 aromatic carbocycles. The number of phenolic OH excluding ortho intramolecular Hbond substituents is 1. The zero-order valence-electron chi connectivity index (χ0n) is 11.5. The maximum absolute atomic E-state index is 12.0. The topological polar surface area (TPSA) is 57.5 Å². The van der Waals surface area contributed by atoms with E-state index < -0.39 is 5.60 Å². The van der Waals surface area contributed by atoms with E-state index in [0.29, 0.717) is 30.4 Å². The van der Waals surface area contributed by atoms with Crippen LogP contribution in [0.25, 0.3) is 0 Å². The summed E-state index contributed by atoms with van der Waals surface area (Å²) in [6.07, 6.45) is 4.88. The lowest BCUT2D eigenvalue weighted by molar-refractivity contribution is -0.143. The van der Waals surface area contributed by atoms with Crippen molar-refractivity contribution in [1.82, 2.24) is 0 Å². The Kier molecular flexibility index (Phi) is 2.53. The molecule has 3 aliphatic rings. The molecule has 2 N–H and O–H groups in total. The molecule has 0 aliphatic heterocycles. The summed E-state index contributed by atoms with van der Waals surface area (Å²) >= 11 is 0. The summed E-state index contributed by atoms with van der Waals surface area (Å²) in [6.45, 7) is 0. The normalized spacial score (nSPS) is 39.0. The molecule has 4 atom stereocenters. The van der Waals surface area contributed by atoms with Crippen LogP contribution in [0.15, 0.2) is 18.2 Å². The maximum Gasteiger partial charge on any atom is 0.164 e. The first kappa shape index (κ1) is 12.4. The summed E-state index contributed by atoms with van der Waals surface area (Å²) < 4.78 is 0. The number of phenols is 1. The van der Waals surface area contributed by atoms with Crippen LogP contribution < -0.4 is 0 Å². The predicted molar refractivity (Wildman–Crippen MR) is 74.6 cm³/mol. The molecular weight excluding hydrogens is 252 g/mol. The minimum absolute atomic E-state index is 0.0671. The molecule has 2 fully saturated rings. The molecule has 0 radical (unpaired) electrons. The van der Waals surface area contributed by atoms with Crippen molar-refractivity contribution in [2.75, 3.05) is 0 Å². The Labute approximate surface area is 118 Å². The van der Waals surface area contributed by atoms with Crippen molar-refractivity contribution in [3.8, 4) is 5.75 Å². The summed E-state index contributed by atoms with van der Waals surface area (Å²) in [6, 6.07) is 5.69. The highest BCUT2D eigenvalue weighted by molar-refractivity contribution is 5.89. The van der Waals surface area contributed by atoms with Crippen LogP contribution >= 0.6 is 0 Å². The fraction of sp³-hybridized carbons (Fsp3) is 0.588. The summed E-state index contributed by atoms with van der Waals surface area (Å²) in [5.74, 6) is 1.44. The highest BCUT2D eigenvalue weighted by atomic mass is 16.3. The largest absolute Gasteiger partial charge is 0.508 e. The number of carbonyl (C=O) groups excluding carboxylic acids is 1. The molecule has 1 aromatic rings. The molecule has 3 heteroatoms. The third-order valence-corrected chi connectivity index (χ3v) is 5.92. The monoisotopic (exact) mass is 272 g/mol. The summed E-state index contributed by atoms with van der Waals surface area (Å²) in [4.78, 5) is 12.0. The van der Waals surface area contributed by atoms with Crippen molar-refractivity contribution < 1.29 is 15.0 Å². The van der Waals surface area contributed by atoms with Crippen molar-refractivity contribution in [3.05, 3.63) is 29.3 Å². The first-order valence-electron chi connectivity index (χ1n) is 7.67. The molecule has 3 aliphatic carbocycles. The zero-order chi connectivity index (χ0) is 13.9. The van der Waals surface area contributed by atoms with Crippen LogP contribution in [0, 0.1) is 11.8 Å². The van der Waals surface area contributed by atoms with E-state index in [2.05, 4.69) is 0 Å². The maximum atomic E-state index is 12.0. The van der Waals surface area contributed by atoms with E-state index in [4.69, 9.17) is 0 Å². The predicted octanol–water partition coefficient (Wildman–Crippen LogP) is 2.54. The molecule has 0 spiro atoms. The van der Waals surface area contributed by atoms with E-state index in [1.165, 1.54) is 11.1 Å². The average molecular weight is 272 g/mol. The molecule has 4 rings (SSSR count). The molecule has 106 valence electrons. The lowest BCUT2D eigenvalue weighted by Gasteiger charge is -2.47. The van der Waals surface area contributed by atoms with E-state index in [1.807, 2.05) is 12.1 Å². The molecule has 0 saturated heterocycles. The van der Waals surface area contributed by atoms with Crippen molar-refractivity contribution in [2.45, 2.75) is 50.0 Å². The summed E-state index contributed by atoms with van der Waals surface area (Å²) in [7, 11) is 0. The third kappa shape index (κ3) is 1.53. The first-order chi connectivity index (χ1) is 9.59. The zero-order valence-corrected chi connectivity index (χ0v) is 11.5. The van der Waals surface area contributed by atoms with Crippen molar-refractivity contribution in [3.63, 3.8) is 0 Å². The van der Waals surface area contributed by atoms with Crippen molar-refractivity contribution in [2.24, 2.45) is 11.8 Å². The smallest absolute Gasteiger partial charge is 0.164 e. The summed E-state index contributed by atoms with van der Waals surface area (Å²) in [5, 5.41) is 20.3. The van der Waals surface area contributed by atoms with Crippen molar-refractivity contribution in [1.29, 1.82) is 0 Å². The lowest BCUT2D eigenvalue weighted by atomic mass is 9.59. The van der Waals surface area contributed by atoms with E-state index in [-0.39, 0.29) is 11.7 Å². The number of hydrogen-bond donors (Lipinski definition) is 2. The summed E-state index contributed by atoms with van der Waals surface area (Å²) in [5.41, 5.74) is 1.55. The number of rotatable bonds is 0. The molecule has 20 heavy (non-hydrogen) atoms. The van der Waals surface area contributed by atoms with Gasteiger partial charge < -0.3 is 10.2 Å². The number of aromatic hydroxyl groups is 1. The van der Waals surface area contributed by atoms with Gasteiger partial charge in [-0.2, -0.15) is 0 Å². The molecule has 0 amide bonds. The Morgan fingerprint density at radius 3 is 2.85 bits per heavy atom. The van der Waals surface area contributed by atoms with Gasteiger partial charge in [0.2, 0.25) is 0 Å². The Morgan fingerprint density at radius 1 is 1.15 bits per heavy atom. The van der Waals surface area contributed by atoms with Gasteiger partial charge in [-0.3, -0.25) is 4.79 Å². The minimum atomic E-state index is -1.03. The number of fused-ring (bicyclic) bond motifs is 5. The van der Waals surface area contributed by atoms with Gasteiger partial charge >= 0.3 is 0 Å². The number of benzene rings is 1. The van der Waals surface area contributed by atoms with Crippen LogP contribution in [-0.2, 0) is 11.2 Å². The molecule has 3 unspecified atom stereocenters. The van der Waals surface area contributed by atoms with Gasteiger partial charge in [0.15, 0.2) is 5.78 Å². The molecule has 0 bridgehead atoms. The van der Waals surface area contributed by atoms with Gasteiger partial charge in [-0.15, -0.1) is 0 Å². The van der Waals surface area contributed by atoms with Gasteiger partial charge in [0.05, 0.1) is 0 Å². The Hall–Kier alpha value is -1.35. The number of aryl methyl sites for hydroxylation is 1. The quantitative estimate of drug-likeness (QED) is 0.763. The van der Waals surface area contributed by atoms with Gasteiger partial charge in [-0.25, -0.2) is 0 Å². The standard InChI is InChI=1S/C17H20O3/c18-11-2-4-12-10(9-11)1-3-14-13(12)7-8-17(20)15(14)5-6-16(17)19/h2,4,9,13-15,18,20H,1,3,5-8H2/t13?,14?,15?,17-/m1/s1. The second-order valence-electron chi connectivity index (χ2n) is 6.72. The average Bonchev–Trinajstić information content (AvgIpc) is 2.74. The van der Waals surface area contributed by atoms with Crippen LogP contribution in [0.1, 0.15) is 49.1 Å². The van der Waals surface area contributed by atoms with Gasteiger partial charge in [0.25, 0.3) is 0 Å². The number of carbonyl (C=O) groups is 1. The SMILES string of the molecule is O=C1CCC2C3CCc4cc(O)ccc4C3CC[C@]12O. The van der Waals surface area contributed by atoms with Crippen LogP contribution in [-0.4, -0.2) is 21.6 Å². The van der Waals surface area contributed by atoms with Crippen molar-refractivity contribution >= 4 is 5.78 Å². The molecule has 3 nitrogen and oxygen atoms in total. The van der Waals surface area contributed by atoms with Gasteiger partial charge in [-0.05, 0) is 73.1 Å². The van der Waals surface area contributed by atoms with E-state index in [1.54, 1.807) is 6.07 Å². The Morgan fingerprint density at radius 2 is 2.00 bits per heavy atom. The number of ketones is 1.